The highest BCUT2D eigenvalue weighted by molar-refractivity contribution is 5.93. The molecule has 0 radical (unpaired) electrons. The van der Waals surface area contributed by atoms with E-state index < -0.39 is 11.5 Å². The average Bonchev–Trinajstić information content (AvgIpc) is 2.57. The van der Waals surface area contributed by atoms with Crippen LogP contribution in [0.4, 0.5) is 0 Å². The maximum atomic E-state index is 12.2. The minimum atomic E-state index is -0.491. The molecule has 3 N–H and O–H groups in total. The van der Waals surface area contributed by atoms with E-state index in [1.807, 2.05) is 30.3 Å². The molecule has 6 heteroatoms. The van der Waals surface area contributed by atoms with Gasteiger partial charge in [0.1, 0.15) is 0 Å². The Morgan fingerprint density at radius 2 is 1.77 bits per heavy atom. The van der Waals surface area contributed by atoms with Gasteiger partial charge in [0, 0.05) is 6.54 Å². The van der Waals surface area contributed by atoms with E-state index in [-0.39, 0.29) is 5.82 Å². The fraction of sp³-hybridized carbons (Fsp3) is 0.0625. The first kappa shape index (κ1) is 13.8. The number of nitrogens with two attached hydrogens (primary N) is 1. The van der Waals surface area contributed by atoms with Crippen molar-refractivity contribution >= 4 is 16.8 Å². The van der Waals surface area contributed by atoms with Crippen LogP contribution in [0.25, 0.3) is 10.9 Å². The lowest BCUT2D eigenvalue weighted by atomic mass is 10.2. The second-order valence-corrected chi connectivity index (χ2v) is 4.80. The number of rotatable bonds is 3. The molecule has 22 heavy (non-hydrogen) atoms. The Kier molecular flexibility index (Phi) is 3.57. The summed E-state index contributed by atoms with van der Waals surface area (Å²) in [4.78, 5) is 28.5. The van der Waals surface area contributed by atoms with Crippen molar-refractivity contribution in [2.24, 2.45) is 0 Å². The molecule has 6 nitrogen and oxygen atoms in total. The lowest BCUT2D eigenvalue weighted by Gasteiger charge is -2.09. The van der Waals surface area contributed by atoms with Gasteiger partial charge in [0.25, 0.3) is 11.5 Å². The maximum Gasteiger partial charge on any atom is 0.289 e. The van der Waals surface area contributed by atoms with Crippen molar-refractivity contribution < 1.29 is 4.79 Å². The van der Waals surface area contributed by atoms with Gasteiger partial charge >= 0.3 is 0 Å². The van der Waals surface area contributed by atoms with Crippen molar-refractivity contribution in [1.29, 1.82) is 0 Å². The van der Waals surface area contributed by atoms with Crippen molar-refractivity contribution in [2.75, 3.05) is 5.84 Å². The fourth-order valence-corrected chi connectivity index (χ4v) is 2.16. The quantitative estimate of drug-likeness (QED) is 0.706. The van der Waals surface area contributed by atoms with E-state index in [4.69, 9.17) is 5.84 Å². The largest absolute Gasteiger partial charge is 0.345 e. The van der Waals surface area contributed by atoms with Gasteiger partial charge in [-0.05, 0) is 17.7 Å². The van der Waals surface area contributed by atoms with Crippen LogP contribution >= 0.6 is 0 Å². The highest BCUT2D eigenvalue weighted by Crippen LogP contribution is 2.07. The summed E-state index contributed by atoms with van der Waals surface area (Å²) in [6, 6.07) is 16.2. The number of benzene rings is 2. The van der Waals surface area contributed by atoms with E-state index >= 15 is 0 Å². The van der Waals surface area contributed by atoms with Gasteiger partial charge in [-0.15, -0.1) is 0 Å². The molecule has 0 aliphatic carbocycles. The first-order valence-electron chi connectivity index (χ1n) is 6.76. The molecule has 0 saturated carbocycles. The van der Waals surface area contributed by atoms with Crippen LogP contribution in [0.5, 0.6) is 0 Å². The Hall–Kier alpha value is -3.15. The molecule has 0 fully saturated rings. The van der Waals surface area contributed by atoms with Gasteiger partial charge in [-0.3, -0.25) is 9.59 Å². The van der Waals surface area contributed by atoms with Crippen LogP contribution in [0.15, 0.2) is 59.4 Å². The molecule has 0 atom stereocenters. The normalized spacial score (nSPS) is 10.5. The van der Waals surface area contributed by atoms with Gasteiger partial charge in [0.15, 0.2) is 0 Å². The molecular weight excluding hydrogens is 280 g/mol. The number of nitrogens with zero attached hydrogens (tertiary/aromatic N) is 2. The summed E-state index contributed by atoms with van der Waals surface area (Å²) in [5.74, 6) is 5.10. The van der Waals surface area contributed by atoms with E-state index in [1.54, 1.807) is 24.3 Å². The summed E-state index contributed by atoms with van der Waals surface area (Å²) in [5, 5.41) is 3.09. The highest BCUT2D eigenvalue weighted by atomic mass is 16.2. The lowest BCUT2D eigenvalue weighted by Crippen LogP contribution is -2.37. The minimum absolute atomic E-state index is 0.111. The Morgan fingerprint density at radius 3 is 2.55 bits per heavy atom. The summed E-state index contributed by atoms with van der Waals surface area (Å²) < 4.78 is 0.780. The maximum absolute atomic E-state index is 12.2. The summed E-state index contributed by atoms with van der Waals surface area (Å²) in [5.41, 5.74) is 0.942. The average molecular weight is 294 g/mol. The monoisotopic (exact) mass is 294 g/mol. The number of para-hydroxylation sites is 1. The molecule has 1 amide bonds. The number of aromatic nitrogens is 2. The Labute approximate surface area is 126 Å². The minimum Gasteiger partial charge on any atom is -0.345 e. The van der Waals surface area contributed by atoms with E-state index in [0.29, 0.717) is 17.4 Å². The molecule has 3 aromatic rings. The molecule has 110 valence electrons. The summed E-state index contributed by atoms with van der Waals surface area (Å²) >= 11 is 0. The number of carbonyl (C=O) groups excluding carboxylic acids is 1. The van der Waals surface area contributed by atoms with Crippen molar-refractivity contribution in [3.8, 4) is 0 Å². The van der Waals surface area contributed by atoms with Crippen molar-refractivity contribution in [3.05, 3.63) is 76.3 Å². The van der Waals surface area contributed by atoms with Gasteiger partial charge in [0.2, 0.25) is 5.82 Å². The van der Waals surface area contributed by atoms with E-state index in [9.17, 15) is 9.59 Å². The number of nitrogens with one attached hydrogen (secondary N) is 1. The molecule has 0 bridgehead atoms. The molecule has 1 aromatic heterocycles. The van der Waals surface area contributed by atoms with Gasteiger partial charge in [0.05, 0.1) is 10.9 Å². The summed E-state index contributed by atoms with van der Waals surface area (Å²) in [6.07, 6.45) is 0. The molecular formula is C16H14N4O2. The zero-order valence-electron chi connectivity index (χ0n) is 11.7. The number of hydrogen-bond donors (Lipinski definition) is 2. The first-order valence-corrected chi connectivity index (χ1v) is 6.76. The van der Waals surface area contributed by atoms with E-state index in [0.717, 1.165) is 10.2 Å². The Balaban J connectivity index is 1.91. The van der Waals surface area contributed by atoms with Gasteiger partial charge in [-0.25, -0.2) is 9.66 Å². The predicted molar refractivity (Wildman–Crippen MR) is 83.8 cm³/mol. The van der Waals surface area contributed by atoms with Crippen LogP contribution in [0, 0.1) is 0 Å². The van der Waals surface area contributed by atoms with Crippen LogP contribution in [0.2, 0.25) is 0 Å². The van der Waals surface area contributed by atoms with Crippen LogP contribution in [0.3, 0.4) is 0 Å². The zero-order valence-corrected chi connectivity index (χ0v) is 11.7. The third-order valence-electron chi connectivity index (χ3n) is 3.31. The highest BCUT2D eigenvalue weighted by Gasteiger charge is 2.15. The lowest BCUT2D eigenvalue weighted by molar-refractivity contribution is 0.0937. The fourth-order valence-electron chi connectivity index (χ4n) is 2.16. The topological polar surface area (TPSA) is 90.0 Å². The summed E-state index contributed by atoms with van der Waals surface area (Å²) in [6.45, 7) is 0.336. The molecule has 1 heterocycles. The molecule has 0 spiro atoms. The number of amides is 1. The summed E-state index contributed by atoms with van der Waals surface area (Å²) in [7, 11) is 0. The van der Waals surface area contributed by atoms with Gasteiger partial charge in [-0.2, -0.15) is 0 Å². The molecule has 0 aliphatic rings. The van der Waals surface area contributed by atoms with Crippen LogP contribution in [-0.2, 0) is 6.54 Å². The molecule has 0 aliphatic heterocycles. The SMILES string of the molecule is Nn1c(C(=O)NCc2ccccc2)nc2ccccc2c1=O. The first-order chi connectivity index (χ1) is 10.7. The van der Waals surface area contributed by atoms with Crippen molar-refractivity contribution in [3.63, 3.8) is 0 Å². The number of fused-ring (bicyclic) bond motifs is 1. The van der Waals surface area contributed by atoms with Crippen molar-refractivity contribution in [1.82, 2.24) is 15.0 Å². The van der Waals surface area contributed by atoms with Crippen molar-refractivity contribution in [2.45, 2.75) is 6.54 Å². The number of carbonyl (C=O) groups is 1. The van der Waals surface area contributed by atoms with E-state index in [1.165, 1.54) is 0 Å². The second kappa shape index (κ2) is 5.69. The zero-order chi connectivity index (χ0) is 15.5. The third kappa shape index (κ3) is 2.54. The van der Waals surface area contributed by atoms with Gasteiger partial charge < -0.3 is 11.2 Å². The van der Waals surface area contributed by atoms with Gasteiger partial charge in [-0.1, -0.05) is 42.5 Å². The van der Waals surface area contributed by atoms with Crippen LogP contribution in [-0.4, -0.2) is 15.6 Å². The number of hydrogen-bond acceptors (Lipinski definition) is 4. The molecule has 3 rings (SSSR count). The van der Waals surface area contributed by atoms with E-state index in [2.05, 4.69) is 10.3 Å². The standard InChI is InChI=1S/C16H14N4O2/c17-20-14(15(21)18-10-11-6-2-1-3-7-11)19-13-9-5-4-8-12(13)16(20)22/h1-9H,10,17H2,(H,18,21). The molecule has 2 aromatic carbocycles. The van der Waals surface area contributed by atoms with Crippen LogP contribution < -0.4 is 16.7 Å². The number of nitrogen functional groups attached to an aromatic ring is 1. The molecule has 0 unspecified atom stereocenters. The predicted octanol–water partition coefficient (Wildman–Crippen LogP) is 1.04. The molecule has 0 saturated heterocycles. The van der Waals surface area contributed by atoms with Crippen LogP contribution in [0.1, 0.15) is 16.2 Å². The second-order valence-electron chi connectivity index (χ2n) is 4.80. The Bertz CT molecular complexity index is 888. The Morgan fingerprint density at radius 1 is 1.09 bits per heavy atom. The third-order valence-corrected chi connectivity index (χ3v) is 3.31. The smallest absolute Gasteiger partial charge is 0.289 e.